The molecule has 1 N–H and O–H groups in total. The number of aryl methyl sites for hydroxylation is 1. The van der Waals surface area contributed by atoms with Gasteiger partial charge in [0.05, 0.1) is 16.9 Å². The molecule has 1 atom stereocenters. The first-order valence-corrected chi connectivity index (χ1v) is 14.0. The van der Waals surface area contributed by atoms with Crippen LogP contribution in [0.4, 0.5) is 17.3 Å². The van der Waals surface area contributed by atoms with Crippen LogP contribution in [0.5, 0.6) is 5.75 Å². The lowest BCUT2D eigenvalue weighted by molar-refractivity contribution is -0.132. The molecule has 3 saturated heterocycles. The number of pyridine rings is 1. The molecular formula is C25H31N7O3S. The number of likely N-dealkylation sites (tertiary alicyclic amines) is 2. The molecule has 4 aliphatic rings. The third-order valence-corrected chi connectivity index (χ3v) is 8.95. The van der Waals surface area contributed by atoms with Gasteiger partial charge in [-0.1, -0.05) is 6.58 Å². The van der Waals surface area contributed by atoms with Crippen LogP contribution in [0.1, 0.15) is 29.3 Å². The van der Waals surface area contributed by atoms with Gasteiger partial charge in [-0.3, -0.25) is 18.9 Å². The van der Waals surface area contributed by atoms with Crippen molar-refractivity contribution in [3.63, 3.8) is 0 Å². The van der Waals surface area contributed by atoms with E-state index >= 15 is 0 Å². The van der Waals surface area contributed by atoms with Crippen molar-refractivity contribution < 1.29 is 13.7 Å². The number of carbonyl (C=O) groups excluding carboxylic acids is 1. The average Bonchev–Trinajstić information content (AvgIpc) is 3.24. The molecule has 3 fully saturated rings. The number of nitrogens with zero attached hydrogens (tertiary/aromatic N) is 6. The molecule has 11 heteroatoms. The van der Waals surface area contributed by atoms with Crippen molar-refractivity contribution in [2.45, 2.75) is 31.9 Å². The molecule has 1 amide bonds. The predicted octanol–water partition coefficient (Wildman–Crippen LogP) is 1.57. The largest absolute Gasteiger partial charge is 0.485 e. The quantitative estimate of drug-likeness (QED) is 0.615. The molecule has 4 aliphatic heterocycles. The number of nitrogens with one attached hydrogen (secondary N) is 1. The Balaban J connectivity index is 1.20. The summed E-state index contributed by atoms with van der Waals surface area (Å²) in [7, 11) is -0.752. The number of amides is 1. The number of hydrogen-bond donors (Lipinski definition) is 1. The van der Waals surface area contributed by atoms with Crippen LogP contribution in [-0.2, 0) is 22.2 Å². The number of carbonyl (C=O) groups is 1. The van der Waals surface area contributed by atoms with E-state index in [0.717, 1.165) is 72.6 Å². The Bertz CT molecular complexity index is 1220. The standard InChI is InChI=1S/C25H31N7O3S/c1-3-22(33)32-12-18(13-32)31-5-4-17(11-31)20-10-21-23(16(2)28-20)35-14-19-24(29-21)26-15-27-25(19)30-6-8-36(34)9-7-30/h3,10,15,17-18H,1,4-9,11-14H2,2H3,(H,26,27,29)/t17-/m1/s1. The van der Waals surface area contributed by atoms with Gasteiger partial charge in [-0.2, -0.15) is 0 Å². The van der Waals surface area contributed by atoms with Crippen molar-refractivity contribution in [2.75, 3.05) is 61.0 Å². The second kappa shape index (κ2) is 9.44. The van der Waals surface area contributed by atoms with E-state index < -0.39 is 10.8 Å². The van der Waals surface area contributed by atoms with Crippen LogP contribution in [0.3, 0.4) is 0 Å². The van der Waals surface area contributed by atoms with Crippen LogP contribution >= 0.6 is 0 Å². The minimum Gasteiger partial charge on any atom is -0.485 e. The summed E-state index contributed by atoms with van der Waals surface area (Å²) >= 11 is 0. The van der Waals surface area contributed by atoms with Gasteiger partial charge in [-0.25, -0.2) is 9.97 Å². The summed E-state index contributed by atoms with van der Waals surface area (Å²) in [6, 6.07) is 2.52. The van der Waals surface area contributed by atoms with E-state index in [4.69, 9.17) is 9.72 Å². The summed E-state index contributed by atoms with van der Waals surface area (Å²) in [6.45, 7) is 10.8. The summed E-state index contributed by atoms with van der Waals surface area (Å²) in [5.74, 6) is 3.99. The monoisotopic (exact) mass is 509 g/mol. The van der Waals surface area contributed by atoms with Crippen molar-refractivity contribution >= 4 is 34.0 Å². The molecule has 0 aromatic carbocycles. The maximum absolute atomic E-state index is 11.8. The smallest absolute Gasteiger partial charge is 0.246 e. The minimum absolute atomic E-state index is 0.0126. The van der Waals surface area contributed by atoms with Crippen LogP contribution in [0.2, 0.25) is 0 Å². The second-order valence-corrected chi connectivity index (χ2v) is 11.6. The molecule has 0 spiro atoms. The first kappa shape index (κ1) is 23.4. The number of hydrogen-bond acceptors (Lipinski definition) is 9. The van der Waals surface area contributed by atoms with Crippen LogP contribution in [0.25, 0.3) is 0 Å². The van der Waals surface area contributed by atoms with E-state index in [9.17, 15) is 9.00 Å². The molecule has 10 nitrogen and oxygen atoms in total. The number of aromatic nitrogens is 3. The van der Waals surface area contributed by atoms with Gasteiger partial charge in [0.1, 0.15) is 24.6 Å². The van der Waals surface area contributed by atoms with Crippen molar-refractivity contribution in [2.24, 2.45) is 0 Å². The van der Waals surface area contributed by atoms with Gasteiger partial charge in [-0.15, -0.1) is 0 Å². The molecule has 0 unspecified atom stereocenters. The lowest BCUT2D eigenvalue weighted by Crippen LogP contribution is -2.60. The predicted molar refractivity (Wildman–Crippen MR) is 138 cm³/mol. The van der Waals surface area contributed by atoms with Gasteiger partial charge in [0.15, 0.2) is 5.75 Å². The average molecular weight is 510 g/mol. The molecule has 2 aromatic heterocycles. The van der Waals surface area contributed by atoms with Crippen molar-refractivity contribution in [1.29, 1.82) is 0 Å². The summed E-state index contributed by atoms with van der Waals surface area (Å²) < 4.78 is 18.1. The molecule has 6 heterocycles. The Hall–Kier alpha value is -3.05. The molecule has 190 valence electrons. The molecule has 0 saturated carbocycles. The Morgan fingerprint density at radius 1 is 1.22 bits per heavy atom. The maximum atomic E-state index is 11.8. The fraction of sp³-hybridized carbons (Fsp3) is 0.520. The van der Waals surface area contributed by atoms with Gasteiger partial charge in [0, 0.05) is 72.7 Å². The van der Waals surface area contributed by atoms with Gasteiger partial charge in [-0.05, 0) is 32.0 Å². The molecule has 6 rings (SSSR count). The number of anilines is 3. The van der Waals surface area contributed by atoms with Gasteiger partial charge >= 0.3 is 0 Å². The number of ether oxygens (including phenoxy) is 1. The van der Waals surface area contributed by atoms with Crippen LogP contribution in [-0.4, -0.2) is 91.7 Å². The zero-order valence-electron chi connectivity index (χ0n) is 20.5. The van der Waals surface area contributed by atoms with E-state index in [1.165, 1.54) is 6.08 Å². The highest BCUT2D eigenvalue weighted by Crippen LogP contribution is 2.40. The summed E-state index contributed by atoms with van der Waals surface area (Å²) in [4.78, 5) is 32.3. The lowest BCUT2D eigenvalue weighted by atomic mass is 10.0. The summed E-state index contributed by atoms with van der Waals surface area (Å²) in [5, 5.41) is 3.51. The van der Waals surface area contributed by atoms with E-state index in [1.807, 2.05) is 11.8 Å². The number of fused-ring (bicyclic) bond motifs is 2. The lowest BCUT2D eigenvalue weighted by Gasteiger charge is -2.43. The molecule has 0 bridgehead atoms. The van der Waals surface area contributed by atoms with Crippen molar-refractivity contribution in [3.05, 3.63) is 42.0 Å². The SMILES string of the molecule is C=CC(=O)N1CC(N2CC[C@@H](c3cc4c(c(C)n3)OCc3c(ncnc3N3CCS(=O)CC3)N4)C2)C1. The summed E-state index contributed by atoms with van der Waals surface area (Å²) in [5.41, 5.74) is 3.71. The first-order valence-electron chi connectivity index (χ1n) is 12.5. The molecule has 0 aliphatic carbocycles. The highest BCUT2D eigenvalue weighted by atomic mass is 32.2. The molecule has 36 heavy (non-hydrogen) atoms. The first-order chi connectivity index (χ1) is 17.5. The van der Waals surface area contributed by atoms with Crippen LogP contribution in [0, 0.1) is 6.92 Å². The molecule has 0 radical (unpaired) electrons. The van der Waals surface area contributed by atoms with Gasteiger partial charge < -0.3 is 19.9 Å². The zero-order chi connectivity index (χ0) is 24.8. The topological polar surface area (TPSA) is 104 Å². The Kier molecular flexibility index (Phi) is 6.12. The summed E-state index contributed by atoms with van der Waals surface area (Å²) in [6.07, 6.45) is 4.01. The van der Waals surface area contributed by atoms with Crippen molar-refractivity contribution in [1.82, 2.24) is 24.8 Å². The second-order valence-electron chi connectivity index (χ2n) is 9.86. The Labute approximate surface area is 213 Å². The fourth-order valence-electron chi connectivity index (χ4n) is 5.56. The van der Waals surface area contributed by atoms with E-state index in [-0.39, 0.29) is 5.91 Å². The highest BCUT2D eigenvalue weighted by Gasteiger charge is 2.38. The van der Waals surface area contributed by atoms with E-state index in [1.54, 1.807) is 6.33 Å². The van der Waals surface area contributed by atoms with Gasteiger partial charge in [0.25, 0.3) is 0 Å². The minimum atomic E-state index is -0.752. The molecular weight excluding hydrogens is 478 g/mol. The van der Waals surface area contributed by atoms with Crippen LogP contribution in [0.15, 0.2) is 25.0 Å². The highest BCUT2D eigenvalue weighted by molar-refractivity contribution is 7.85. The van der Waals surface area contributed by atoms with E-state index in [0.29, 0.717) is 43.2 Å². The Morgan fingerprint density at radius 2 is 2.03 bits per heavy atom. The number of rotatable bonds is 4. The zero-order valence-corrected chi connectivity index (χ0v) is 21.3. The third-order valence-electron chi connectivity index (χ3n) is 7.68. The van der Waals surface area contributed by atoms with Crippen LogP contribution < -0.4 is 15.0 Å². The van der Waals surface area contributed by atoms with E-state index in [2.05, 4.69) is 37.7 Å². The fourth-order valence-corrected chi connectivity index (χ4v) is 6.61. The normalized spacial score (nSPS) is 22.6. The molecule has 2 aromatic rings. The third kappa shape index (κ3) is 4.24. The maximum Gasteiger partial charge on any atom is 0.246 e. The Morgan fingerprint density at radius 3 is 2.81 bits per heavy atom. The van der Waals surface area contributed by atoms with Gasteiger partial charge in [0.2, 0.25) is 5.91 Å². The van der Waals surface area contributed by atoms with Crippen molar-refractivity contribution in [3.8, 4) is 5.75 Å².